The molecule has 2 heterocycles. The number of sulfonamides is 1. The van der Waals surface area contributed by atoms with Gasteiger partial charge >= 0.3 is 0 Å². The second-order valence-corrected chi connectivity index (χ2v) is 8.34. The second-order valence-electron chi connectivity index (χ2n) is 6.78. The van der Waals surface area contributed by atoms with Crippen molar-refractivity contribution in [2.24, 2.45) is 11.1 Å². The van der Waals surface area contributed by atoms with Gasteiger partial charge in [0.15, 0.2) is 0 Å². The minimum atomic E-state index is -3.64. The van der Waals surface area contributed by atoms with E-state index in [1.54, 1.807) is 18.3 Å². The van der Waals surface area contributed by atoms with E-state index in [4.69, 9.17) is 5.14 Å². The Kier molecular flexibility index (Phi) is 5.73. The van der Waals surface area contributed by atoms with Crippen LogP contribution in [0.25, 0.3) is 0 Å². The highest BCUT2D eigenvalue weighted by Crippen LogP contribution is 2.20. The average molecular weight is 375 g/mol. The molecule has 8 heteroatoms. The maximum absolute atomic E-state index is 11.3. The molecule has 1 aromatic heterocycles. The molecule has 0 amide bonds. The van der Waals surface area contributed by atoms with Gasteiger partial charge in [0.25, 0.3) is 0 Å². The summed E-state index contributed by atoms with van der Waals surface area (Å²) in [5.41, 5.74) is 1.03. The van der Waals surface area contributed by atoms with Crippen LogP contribution in [-0.2, 0) is 16.4 Å². The van der Waals surface area contributed by atoms with Gasteiger partial charge in [0.1, 0.15) is 5.82 Å². The maximum Gasteiger partial charge on any atom is 0.238 e. The Hall–Kier alpha value is -2.19. The summed E-state index contributed by atoms with van der Waals surface area (Å²) < 4.78 is 22.5. The first-order valence-electron chi connectivity index (χ1n) is 8.85. The van der Waals surface area contributed by atoms with Crippen LogP contribution < -0.4 is 15.4 Å². The Morgan fingerprint density at radius 2 is 1.88 bits per heavy atom. The molecule has 3 rings (SSSR count). The van der Waals surface area contributed by atoms with E-state index in [1.165, 1.54) is 25.0 Å². The Morgan fingerprint density at radius 3 is 2.54 bits per heavy atom. The molecular weight excluding hydrogens is 350 g/mol. The molecule has 3 N–H and O–H groups in total. The molecule has 7 nitrogen and oxygen atoms in total. The van der Waals surface area contributed by atoms with Crippen molar-refractivity contribution in [2.75, 3.05) is 29.9 Å². The quantitative estimate of drug-likeness (QED) is 0.801. The molecule has 0 spiro atoms. The molecule has 2 aromatic rings. The van der Waals surface area contributed by atoms with Crippen LogP contribution in [0.4, 0.5) is 11.8 Å². The third kappa shape index (κ3) is 4.92. The van der Waals surface area contributed by atoms with Gasteiger partial charge in [-0.25, -0.2) is 18.5 Å². The Balaban J connectivity index is 1.54. The van der Waals surface area contributed by atoms with Crippen molar-refractivity contribution in [3.8, 4) is 0 Å². The van der Waals surface area contributed by atoms with Gasteiger partial charge in [0.2, 0.25) is 16.0 Å². The lowest BCUT2D eigenvalue weighted by Gasteiger charge is -2.30. The monoisotopic (exact) mass is 375 g/mol. The number of piperidine rings is 1. The molecule has 26 heavy (non-hydrogen) atoms. The summed E-state index contributed by atoms with van der Waals surface area (Å²) in [4.78, 5) is 11.4. The van der Waals surface area contributed by atoms with Crippen LogP contribution >= 0.6 is 0 Å². The lowest BCUT2D eigenvalue weighted by Crippen LogP contribution is -2.34. The van der Waals surface area contributed by atoms with Crippen LogP contribution in [0.5, 0.6) is 0 Å². The number of hydrogen-bond donors (Lipinski definition) is 2. The molecule has 0 atom stereocenters. The van der Waals surface area contributed by atoms with Crippen LogP contribution in [0.2, 0.25) is 0 Å². The topological polar surface area (TPSA) is 101 Å². The smallest absolute Gasteiger partial charge is 0.238 e. The maximum atomic E-state index is 11.3. The molecule has 1 aromatic carbocycles. The largest absolute Gasteiger partial charge is 0.370 e. The molecule has 0 saturated carbocycles. The molecule has 0 aliphatic carbocycles. The number of hydrogen-bond acceptors (Lipinski definition) is 6. The van der Waals surface area contributed by atoms with Crippen LogP contribution in [0.3, 0.4) is 0 Å². The third-order valence-electron chi connectivity index (χ3n) is 4.68. The van der Waals surface area contributed by atoms with Crippen LogP contribution in [0.1, 0.15) is 25.3 Å². The zero-order valence-corrected chi connectivity index (χ0v) is 15.7. The van der Waals surface area contributed by atoms with E-state index in [1.807, 2.05) is 6.07 Å². The van der Waals surface area contributed by atoms with Crippen molar-refractivity contribution in [2.45, 2.75) is 31.1 Å². The SMILES string of the molecule is CC1CCN(c2nccc(NCCc3ccc(S(N)(=O)=O)cc3)n2)CC1. The fraction of sp³-hybridized carbons (Fsp3) is 0.444. The first kappa shape index (κ1) is 18.6. The van der Waals surface area contributed by atoms with Gasteiger partial charge in [-0.1, -0.05) is 19.1 Å². The first-order valence-corrected chi connectivity index (χ1v) is 10.4. The predicted octanol–water partition coefficient (Wildman–Crippen LogP) is 2.01. The Morgan fingerprint density at radius 1 is 1.19 bits per heavy atom. The minimum absolute atomic E-state index is 0.130. The average Bonchev–Trinajstić information content (AvgIpc) is 2.62. The van der Waals surface area contributed by atoms with E-state index in [0.29, 0.717) is 6.54 Å². The van der Waals surface area contributed by atoms with E-state index in [-0.39, 0.29) is 4.90 Å². The van der Waals surface area contributed by atoms with Gasteiger partial charge in [-0.05, 0) is 48.9 Å². The van der Waals surface area contributed by atoms with Gasteiger partial charge in [-0.15, -0.1) is 0 Å². The van der Waals surface area contributed by atoms with Crippen molar-refractivity contribution in [1.29, 1.82) is 0 Å². The number of rotatable bonds is 6. The minimum Gasteiger partial charge on any atom is -0.370 e. The van der Waals surface area contributed by atoms with Crippen molar-refractivity contribution in [3.05, 3.63) is 42.1 Å². The van der Waals surface area contributed by atoms with Crippen molar-refractivity contribution >= 4 is 21.8 Å². The molecule has 1 fully saturated rings. The van der Waals surface area contributed by atoms with Gasteiger partial charge in [0, 0.05) is 25.8 Å². The molecule has 0 unspecified atom stereocenters. The highest BCUT2D eigenvalue weighted by Gasteiger charge is 2.18. The lowest BCUT2D eigenvalue weighted by molar-refractivity contribution is 0.434. The first-order chi connectivity index (χ1) is 12.4. The summed E-state index contributed by atoms with van der Waals surface area (Å²) >= 11 is 0. The van der Waals surface area contributed by atoms with E-state index in [9.17, 15) is 8.42 Å². The number of aromatic nitrogens is 2. The fourth-order valence-corrected chi connectivity index (χ4v) is 3.50. The highest BCUT2D eigenvalue weighted by molar-refractivity contribution is 7.89. The van der Waals surface area contributed by atoms with Crippen LogP contribution in [-0.4, -0.2) is 38.0 Å². The normalized spacial score (nSPS) is 15.8. The summed E-state index contributed by atoms with van der Waals surface area (Å²) in [7, 11) is -3.64. The summed E-state index contributed by atoms with van der Waals surface area (Å²) in [6.07, 6.45) is 4.89. The van der Waals surface area contributed by atoms with Crippen molar-refractivity contribution in [3.63, 3.8) is 0 Å². The predicted molar refractivity (Wildman–Crippen MR) is 103 cm³/mol. The van der Waals surface area contributed by atoms with Gasteiger partial charge in [0.05, 0.1) is 4.90 Å². The molecule has 0 radical (unpaired) electrons. The van der Waals surface area contributed by atoms with Crippen molar-refractivity contribution in [1.82, 2.24) is 9.97 Å². The molecule has 1 aliphatic heterocycles. The zero-order chi connectivity index (χ0) is 18.6. The molecule has 1 aliphatic rings. The number of anilines is 2. The highest BCUT2D eigenvalue weighted by atomic mass is 32.2. The molecule has 1 saturated heterocycles. The third-order valence-corrected chi connectivity index (χ3v) is 5.61. The van der Waals surface area contributed by atoms with Gasteiger partial charge in [-0.2, -0.15) is 4.98 Å². The van der Waals surface area contributed by atoms with E-state index in [0.717, 1.165) is 42.8 Å². The van der Waals surface area contributed by atoms with Crippen LogP contribution in [0.15, 0.2) is 41.4 Å². The fourth-order valence-electron chi connectivity index (χ4n) is 2.99. The number of nitrogens with one attached hydrogen (secondary N) is 1. The Labute approximate surface area is 154 Å². The standard InChI is InChI=1S/C18H25N5O2S/c1-14-8-12-23(13-9-14)18-21-11-7-17(22-18)20-10-6-15-2-4-16(5-3-15)26(19,24)25/h2-5,7,11,14H,6,8-10,12-13H2,1H3,(H2,19,24,25)(H,20,21,22). The lowest BCUT2D eigenvalue weighted by atomic mass is 10.00. The molecule has 140 valence electrons. The summed E-state index contributed by atoms with van der Waals surface area (Å²) in [5, 5.41) is 8.41. The molecule has 0 bridgehead atoms. The molecular formula is C18H25N5O2S. The van der Waals surface area contributed by atoms with E-state index < -0.39 is 10.0 Å². The van der Waals surface area contributed by atoms with E-state index >= 15 is 0 Å². The van der Waals surface area contributed by atoms with E-state index in [2.05, 4.69) is 27.1 Å². The van der Waals surface area contributed by atoms with Crippen molar-refractivity contribution < 1.29 is 8.42 Å². The second kappa shape index (κ2) is 8.01. The zero-order valence-electron chi connectivity index (χ0n) is 14.9. The van der Waals surface area contributed by atoms with Gasteiger partial charge < -0.3 is 10.2 Å². The van der Waals surface area contributed by atoms with Crippen LogP contribution in [0, 0.1) is 5.92 Å². The Bertz CT molecular complexity index is 831. The number of benzene rings is 1. The van der Waals surface area contributed by atoms with Gasteiger partial charge in [-0.3, -0.25) is 0 Å². The summed E-state index contributed by atoms with van der Waals surface area (Å²) in [5.74, 6) is 2.35. The number of primary sulfonamides is 1. The number of nitrogens with zero attached hydrogens (tertiary/aromatic N) is 3. The number of nitrogens with two attached hydrogens (primary N) is 1. The summed E-state index contributed by atoms with van der Waals surface area (Å²) in [6, 6.07) is 8.49. The summed E-state index contributed by atoms with van der Waals surface area (Å²) in [6.45, 7) is 4.98.